The molecule has 0 aliphatic carbocycles. The second-order valence-electron chi connectivity index (χ2n) is 12.4. The maximum Gasteiger partial charge on any atom is 0.192 e. The Morgan fingerprint density at radius 2 is 1.46 bits per heavy atom. The number of benzene rings is 2. The fourth-order valence-electron chi connectivity index (χ4n) is 3.72. The van der Waals surface area contributed by atoms with Crippen LogP contribution in [0.25, 0.3) is 11.3 Å². The minimum absolute atomic E-state index is 0.00879. The van der Waals surface area contributed by atoms with Crippen LogP contribution in [0.4, 0.5) is 0 Å². The first-order valence-corrected chi connectivity index (χ1v) is 16.2. The summed E-state index contributed by atoms with van der Waals surface area (Å²) in [7, 11) is -1.83. The fraction of sp³-hybridized carbons (Fsp3) is 0.469. The largest absolute Gasteiger partial charge is 0.491 e. The van der Waals surface area contributed by atoms with Crippen LogP contribution in [-0.4, -0.2) is 26.5 Å². The van der Waals surface area contributed by atoms with Crippen LogP contribution in [0, 0.1) is 13.8 Å². The highest BCUT2D eigenvalue weighted by Crippen LogP contribution is 2.38. The highest BCUT2D eigenvalue weighted by Gasteiger charge is 2.37. The molecule has 3 aromatic rings. The summed E-state index contributed by atoms with van der Waals surface area (Å²) in [5, 5.41) is 0.170. The molecule has 0 aliphatic rings. The molecule has 3 rings (SSSR count). The molecule has 0 saturated carbocycles. The summed E-state index contributed by atoms with van der Waals surface area (Å²) >= 11 is 0. The van der Waals surface area contributed by atoms with E-state index in [4.69, 9.17) is 18.9 Å². The zero-order valence-electron chi connectivity index (χ0n) is 24.5. The third-order valence-electron chi connectivity index (χ3n) is 7.44. The van der Waals surface area contributed by atoms with E-state index in [1.165, 1.54) is 5.56 Å². The van der Waals surface area contributed by atoms with Gasteiger partial charge in [-0.25, -0.2) is 0 Å². The summed E-state index contributed by atoms with van der Waals surface area (Å²) in [4.78, 5) is 4.93. The zero-order valence-corrected chi connectivity index (χ0v) is 25.5. The number of aromatic nitrogens is 1. The van der Waals surface area contributed by atoms with Crippen molar-refractivity contribution in [2.75, 3.05) is 13.2 Å². The van der Waals surface area contributed by atoms with Gasteiger partial charge in [-0.15, -0.1) is 0 Å². The topological polar surface area (TPSA) is 40.6 Å². The smallest absolute Gasteiger partial charge is 0.192 e. The van der Waals surface area contributed by atoms with Gasteiger partial charge in [0.1, 0.15) is 24.7 Å². The lowest BCUT2D eigenvalue weighted by molar-refractivity contribution is 0.204. The molecule has 0 fully saturated rings. The fourth-order valence-corrected chi connectivity index (χ4v) is 4.74. The predicted molar refractivity (Wildman–Crippen MR) is 157 cm³/mol. The number of ether oxygens (including phenoxy) is 2. The lowest BCUT2D eigenvalue weighted by Crippen LogP contribution is -2.41. The molecule has 0 unspecified atom stereocenters. The van der Waals surface area contributed by atoms with E-state index < -0.39 is 8.32 Å². The molecule has 0 saturated heterocycles. The van der Waals surface area contributed by atoms with Gasteiger partial charge < -0.3 is 13.9 Å². The molecule has 0 bridgehead atoms. The molecular weight excluding hydrogens is 474 g/mol. The first-order valence-electron chi connectivity index (χ1n) is 13.3. The van der Waals surface area contributed by atoms with Gasteiger partial charge in [0.2, 0.25) is 0 Å². The Morgan fingerprint density at radius 1 is 0.784 bits per heavy atom. The van der Waals surface area contributed by atoms with Crippen LogP contribution in [0.15, 0.2) is 54.6 Å². The molecule has 5 heteroatoms. The average molecular weight is 520 g/mol. The third-order valence-corrected chi connectivity index (χ3v) is 12.0. The Kier molecular flexibility index (Phi) is 8.92. The quantitative estimate of drug-likeness (QED) is 0.209. The van der Waals surface area contributed by atoms with Crippen molar-refractivity contribution in [1.29, 1.82) is 0 Å². The van der Waals surface area contributed by atoms with Crippen LogP contribution in [-0.2, 0) is 16.4 Å². The standard InChI is InChI=1S/C32H45NO3Si/c1-23-24(2)33-28(21-29(23)35-22-25-14-12-11-13-15-25)27-17-16-26(31(3,4)5)20-30(27)34-18-19-36-37(9,10)32(6,7)8/h11-17,20-21H,18-19,22H2,1-10H3. The van der Waals surface area contributed by atoms with Crippen LogP contribution in [0.1, 0.15) is 63.9 Å². The Morgan fingerprint density at radius 3 is 2.08 bits per heavy atom. The van der Waals surface area contributed by atoms with E-state index in [1.54, 1.807) is 0 Å². The molecule has 0 amide bonds. The van der Waals surface area contributed by atoms with Crippen molar-refractivity contribution in [2.24, 2.45) is 0 Å². The predicted octanol–water partition coefficient (Wildman–Crippen LogP) is 8.64. The molecule has 37 heavy (non-hydrogen) atoms. The molecule has 1 heterocycles. The first-order chi connectivity index (χ1) is 17.2. The van der Waals surface area contributed by atoms with Gasteiger partial charge in [0.15, 0.2) is 8.32 Å². The van der Waals surface area contributed by atoms with Gasteiger partial charge in [0.05, 0.1) is 12.3 Å². The summed E-state index contributed by atoms with van der Waals surface area (Å²) in [6.07, 6.45) is 0. The van der Waals surface area contributed by atoms with E-state index in [-0.39, 0.29) is 10.5 Å². The van der Waals surface area contributed by atoms with Crippen LogP contribution in [0.5, 0.6) is 11.5 Å². The van der Waals surface area contributed by atoms with Crippen molar-refractivity contribution in [3.63, 3.8) is 0 Å². The molecule has 0 atom stereocenters. The second-order valence-corrected chi connectivity index (χ2v) is 17.2. The Labute approximate surface area is 225 Å². The van der Waals surface area contributed by atoms with Crippen molar-refractivity contribution in [3.05, 3.63) is 77.0 Å². The van der Waals surface area contributed by atoms with Crippen LogP contribution < -0.4 is 9.47 Å². The van der Waals surface area contributed by atoms with Gasteiger partial charge in [0, 0.05) is 22.9 Å². The monoisotopic (exact) mass is 519 g/mol. The summed E-state index contributed by atoms with van der Waals surface area (Å²) in [5.41, 5.74) is 6.19. The van der Waals surface area contributed by atoms with Crippen LogP contribution in [0.2, 0.25) is 18.1 Å². The normalized spacial score (nSPS) is 12.5. The van der Waals surface area contributed by atoms with Crippen molar-refractivity contribution in [1.82, 2.24) is 4.98 Å². The summed E-state index contributed by atoms with van der Waals surface area (Å²) in [5.74, 6) is 1.68. The summed E-state index contributed by atoms with van der Waals surface area (Å²) in [6, 6.07) is 18.7. The number of nitrogens with zero attached hydrogens (tertiary/aromatic N) is 1. The van der Waals surface area contributed by atoms with Gasteiger partial charge in [-0.1, -0.05) is 77.9 Å². The Balaban J connectivity index is 1.89. The SMILES string of the molecule is Cc1nc(-c2ccc(C(C)(C)C)cc2OCCO[Si](C)(C)C(C)(C)C)cc(OCc2ccccc2)c1C. The molecule has 0 radical (unpaired) electrons. The van der Waals surface area contributed by atoms with Gasteiger partial charge in [-0.3, -0.25) is 4.98 Å². The van der Waals surface area contributed by atoms with Crippen molar-refractivity contribution in [2.45, 2.75) is 85.5 Å². The minimum atomic E-state index is -1.83. The molecule has 4 nitrogen and oxygen atoms in total. The maximum absolute atomic E-state index is 6.39. The van der Waals surface area contributed by atoms with E-state index in [2.05, 4.69) is 91.9 Å². The molecule has 200 valence electrons. The number of pyridine rings is 1. The number of hydrogen-bond acceptors (Lipinski definition) is 4. The summed E-state index contributed by atoms with van der Waals surface area (Å²) in [6.45, 7) is 23.6. The molecule has 0 aliphatic heterocycles. The number of aryl methyl sites for hydroxylation is 1. The van der Waals surface area contributed by atoms with Crippen molar-refractivity contribution < 1.29 is 13.9 Å². The summed E-state index contributed by atoms with van der Waals surface area (Å²) < 4.78 is 19.0. The van der Waals surface area contributed by atoms with E-state index in [0.29, 0.717) is 19.8 Å². The van der Waals surface area contributed by atoms with Gasteiger partial charge in [0.25, 0.3) is 0 Å². The molecular formula is C32H45NO3Si. The average Bonchev–Trinajstić information content (AvgIpc) is 2.82. The van der Waals surface area contributed by atoms with Crippen LogP contribution >= 0.6 is 0 Å². The van der Waals surface area contributed by atoms with E-state index in [9.17, 15) is 0 Å². The highest BCUT2D eigenvalue weighted by molar-refractivity contribution is 6.74. The lowest BCUT2D eigenvalue weighted by Gasteiger charge is -2.36. The lowest BCUT2D eigenvalue weighted by atomic mass is 9.86. The van der Waals surface area contributed by atoms with Crippen molar-refractivity contribution >= 4 is 8.32 Å². The number of rotatable bonds is 9. The molecule has 0 spiro atoms. The highest BCUT2D eigenvalue weighted by atomic mass is 28.4. The van der Waals surface area contributed by atoms with Gasteiger partial charge >= 0.3 is 0 Å². The molecule has 2 aromatic carbocycles. The van der Waals surface area contributed by atoms with E-state index >= 15 is 0 Å². The first kappa shape index (κ1) is 28.9. The Hall–Kier alpha value is -2.63. The van der Waals surface area contributed by atoms with Gasteiger partial charge in [-0.05, 0) is 60.7 Å². The number of hydrogen-bond donors (Lipinski definition) is 0. The van der Waals surface area contributed by atoms with Gasteiger partial charge in [-0.2, -0.15) is 0 Å². The maximum atomic E-state index is 6.39. The van der Waals surface area contributed by atoms with E-state index in [0.717, 1.165) is 39.6 Å². The molecule has 0 N–H and O–H groups in total. The minimum Gasteiger partial charge on any atom is -0.491 e. The van der Waals surface area contributed by atoms with Crippen LogP contribution in [0.3, 0.4) is 0 Å². The molecule has 1 aromatic heterocycles. The Bertz CT molecular complexity index is 1190. The third kappa shape index (κ3) is 7.45. The zero-order chi connectivity index (χ0) is 27.4. The van der Waals surface area contributed by atoms with E-state index in [1.807, 2.05) is 31.2 Å². The van der Waals surface area contributed by atoms with Crippen molar-refractivity contribution in [3.8, 4) is 22.8 Å². The second kappa shape index (κ2) is 11.4.